The first-order valence-electron chi connectivity index (χ1n) is 22.7. The SMILES string of the molecule is CC/C=C\C/C=C\C/C=C\C/C=C\C/C=C\C/C=C\CCC(=O)OC(COC(=O)CCCCCCCCCCCCCCCCCC)COP(=O)(O)OCC(N)C(C)=O. The molecule has 0 heterocycles. The van der Waals surface area contributed by atoms with E-state index in [4.69, 9.17) is 24.3 Å². The van der Waals surface area contributed by atoms with Crippen LogP contribution in [-0.2, 0) is 37.5 Å². The van der Waals surface area contributed by atoms with Crippen LogP contribution in [0.4, 0.5) is 0 Å². The quantitative estimate of drug-likeness (QED) is 0.0263. The zero-order chi connectivity index (χ0) is 43.5. The summed E-state index contributed by atoms with van der Waals surface area (Å²) in [6.45, 7) is 4.22. The number of phosphoric acid groups is 1. The average molecular weight is 848 g/mol. The smallest absolute Gasteiger partial charge is 0.462 e. The number of Topliss-reactive ketones (excluding diaryl/α,β-unsaturated/α-hetero) is 1. The Hall–Kier alpha value is -2.88. The summed E-state index contributed by atoms with van der Waals surface area (Å²) in [7, 11) is -4.63. The highest BCUT2D eigenvalue weighted by Crippen LogP contribution is 2.43. The lowest BCUT2D eigenvalue weighted by Crippen LogP contribution is -2.33. The number of rotatable bonds is 41. The summed E-state index contributed by atoms with van der Waals surface area (Å²) in [6, 6.07) is -1.09. The second kappa shape index (κ2) is 41.8. The number of phosphoric ester groups is 1. The molecule has 0 aromatic rings. The van der Waals surface area contributed by atoms with Gasteiger partial charge in [0.2, 0.25) is 0 Å². The van der Waals surface area contributed by atoms with Crippen molar-refractivity contribution in [3.63, 3.8) is 0 Å². The molecule has 3 N–H and O–H groups in total. The molecule has 10 nitrogen and oxygen atoms in total. The van der Waals surface area contributed by atoms with E-state index in [1.54, 1.807) is 0 Å². The van der Waals surface area contributed by atoms with Crippen LogP contribution >= 0.6 is 7.82 Å². The Morgan fingerprint density at radius 2 is 0.949 bits per heavy atom. The van der Waals surface area contributed by atoms with Gasteiger partial charge >= 0.3 is 19.8 Å². The van der Waals surface area contributed by atoms with Crippen molar-refractivity contribution in [2.45, 2.75) is 193 Å². The average Bonchev–Trinajstić information content (AvgIpc) is 3.21. The molecule has 0 saturated carbocycles. The highest BCUT2D eigenvalue weighted by atomic mass is 31.2. The van der Waals surface area contributed by atoms with E-state index in [0.717, 1.165) is 57.8 Å². The molecule has 0 aromatic heterocycles. The van der Waals surface area contributed by atoms with Gasteiger partial charge in [0.1, 0.15) is 12.4 Å². The van der Waals surface area contributed by atoms with E-state index in [2.05, 4.69) is 74.6 Å². The molecule has 0 amide bonds. The van der Waals surface area contributed by atoms with E-state index in [-0.39, 0.29) is 19.4 Å². The number of unbranched alkanes of at least 4 members (excludes halogenated alkanes) is 15. The molecule has 0 bridgehead atoms. The van der Waals surface area contributed by atoms with Crippen molar-refractivity contribution in [2.24, 2.45) is 5.73 Å². The van der Waals surface area contributed by atoms with Gasteiger partial charge in [0.25, 0.3) is 0 Å². The molecular formula is C48H82NO9P. The van der Waals surface area contributed by atoms with Crippen molar-refractivity contribution < 1.29 is 42.4 Å². The zero-order valence-corrected chi connectivity index (χ0v) is 38.0. The minimum atomic E-state index is -4.63. The van der Waals surface area contributed by atoms with Gasteiger partial charge in [0, 0.05) is 12.8 Å². The molecule has 0 aliphatic carbocycles. The molecule has 0 fully saturated rings. The van der Waals surface area contributed by atoms with Crippen molar-refractivity contribution in [3.8, 4) is 0 Å². The van der Waals surface area contributed by atoms with Gasteiger partial charge in [-0.05, 0) is 58.3 Å². The van der Waals surface area contributed by atoms with Crippen LogP contribution in [0.1, 0.15) is 181 Å². The predicted octanol–water partition coefficient (Wildman–Crippen LogP) is 12.6. The molecule has 59 heavy (non-hydrogen) atoms. The molecule has 0 radical (unpaired) electrons. The Bertz CT molecular complexity index is 1270. The van der Waals surface area contributed by atoms with E-state index >= 15 is 0 Å². The van der Waals surface area contributed by atoms with E-state index in [1.807, 2.05) is 12.2 Å². The Balaban J connectivity index is 4.47. The molecule has 0 aromatic carbocycles. The molecular weight excluding hydrogens is 766 g/mol. The molecule has 338 valence electrons. The number of hydrogen-bond acceptors (Lipinski definition) is 9. The summed E-state index contributed by atoms with van der Waals surface area (Å²) >= 11 is 0. The largest absolute Gasteiger partial charge is 0.472 e. The zero-order valence-electron chi connectivity index (χ0n) is 37.1. The number of ketones is 1. The van der Waals surface area contributed by atoms with Gasteiger partial charge in [0.15, 0.2) is 6.10 Å². The maximum absolute atomic E-state index is 12.6. The summed E-state index contributed by atoms with van der Waals surface area (Å²) in [6.07, 6.45) is 50.3. The molecule has 3 unspecified atom stereocenters. The minimum absolute atomic E-state index is 0.0621. The number of carbonyl (C=O) groups is 3. The van der Waals surface area contributed by atoms with Crippen LogP contribution in [0, 0.1) is 0 Å². The standard InChI is InChI=1S/C48H82NO9P/c1-4-6-8-10-12-14-16-18-20-22-23-24-26-28-30-32-34-36-38-40-48(52)58-45(42-56-59(53,54)57-43-46(49)44(3)50)41-55-47(51)39-37-35-33-31-29-27-25-21-19-17-15-13-11-9-7-5-2/h6,8,12,14,18,20,23-24,28,30,34,36,45-46H,4-5,7,9-11,13,15-17,19,21-22,25-27,29,31-33,35,37-43,49H2,1-3H3,(H,53,54)/b8-6-,14-12-,20-18-,24-23-,30-28-,36-34-. The fourth-order valence-electron chi connectivity index (χ4n) is 5.78. The molecule has 3 atom stereocenters. The highest BCUT2D eigenvalue weighted by Gasteiger charge is 2.27. The monoisotopic (exact) mass is 848 g/mol. The lowest BCUT2D eigenvalue weighted by atomic mass is 10.0. The highest BCUT2D eigenvalue weighted by molar-refractivity contribution is 7.47. The predicted molar refractivity (Wildman–Crippen MR) is 243 cm³/mol. The lowest BCUT2D eigenvalue weighted by Gasteiger charge is -2.20. The number of nitrogens with two attached hydrogens (primary N) is 1. The summed E-state index contributed by atoms with van der Waals surface area (Å²) in [4.78, 5) is 46.5. The molecule has 0 saturated heterocycles. The first-order valence-corrected chi connectivity index (χ1v) is 24.2. The van der Waals surface area contributed by atoms with Gasteiger partial charge in [-0.15, -0.1) is 0 Å². The van der Waals surface area contributed by atoms with Gasteiger partial charge in [-0.2, -0.15) is 0 Å². The molecule has 0 aliphatic rings. The third-order valence-corrected chi connectivity index (χ3v) is 10.4. The Kier molecular flexibility index (Phi) is 39.8. The maximum Gasteiger partial charge on any atom is 0.472 e. The van der Waals surface area contributed by atoms with Crippen LogP contribution < -0.4 is 5.73 Å². The van der Waals surface area contributed by atoms with E-state index < -0.39 is 50.9 Å². The molecule has 0 rings (SSSR count). The van der Waals surface area contributed by atoms with E-state index in [9.17, 15) is 23.8 Å². The number of allylic oxidation sites excluding steroid dienone is 12. The third-order valence-electron chi connectivity index (χ3n) is 9.44. The van der Waals surface area contributed by atoms with Crippen molar-refractivity contribution in [1.82, 2.24) is 0 Å². The summed E-state index contributed by atoms with van der Waals surface area (Å²) in [5, 5.41) is 0. The van der Waals surface area contributed by atoms with Crippen LogP contribution in [0.25, 0.3) is 0 Å². The number of esters is 2. The summed E-state index contributed by atoms with van der Waals surface area (Å²) in [5.74, 6) is -1.43. The van der Waals surface area contributed by atoms with Crippen molar-refractivity contribution in [3.05, 3.63) is 72.9 Å². The molecule has 0 aliphatic heterocycles. The normalized spacial score (nSPS) is 14.4. The number of carbonyl (C=O) groups excluding carboxylic acids is 3. The third kappa shape index (κ3) is 41.6. The van der Waals surface area contributed by atoms with Crippen molar-refractivity contribution in [1.29, 1.82) is 0 Å². The van der Waals surface area contributed by atoms with Gasteiger partial charge in [-0.1, -0.05) is 183 Å². The number of hydrogen-bond donors (Lipinski definition) is 2. The van der Waals surface area contributed by atoms with Crippen LogP contribution in [0.3, 0.4) is 0 Å². The Morgan fingerprint density at radius 3 is 1.39 bits per heavy atom. The second-order valence-electron chi connectivity index (χ2n) is 15.1. The summed E-state index contributed by atoms with van der Waals surface area (Å²) < 4.78 is 33.0. The maximum atomic E-state index is 12.6. The van der Waals surface area contributed by atoms with Gasteiger partial charge in [0.05, 0.1) is 19.3 Å². The van der Waals surface area contributed by atoms with Crippen LogP contribution in [0.15, 0.2) is 72.9 Å². The first-order chi connectivity index (χ1) is 28.6. The van der Waals surface area contributed by atoms with Gasteiger partial charge in [-0.3, -0.25) is 23.4 Å². The van der Waals surface area contributed by atoms with Crippen molar-refractivity contribution in [2.75, 3.05) is 19.8 Å². The second-order valence-corrected chi connectivity index (χ2v) is 16.5. The summed E-state index contributed by atoms with van der Waals surface area (Å²) in [5.41, 5.74) is 5.58. The van der Waals surface area contributed by atoms with Crippen molar-refractivity contribution >= 4 is 25.5 Å². The fourth-order valence-corrected chi connectivity index (χ4v) is 6.56. The van der Waals surface area contributed by atoms with Crippen LogP contribution in [0.5, 0.6) is 0 Å². The molecule has 0 spiro atoms. The fraction of sp³-hybridized carbons (Fsp3) is 0.688. The van der Waals surface area contributed by atoms with Crippen LogP contribution in [-0.4, -0.2) is 54.6 Å². The van der Waals surface area contributed by atoms with Gasteiger partial charge < -0.3 is 20.1 Å². The van der Waals surface area contributed by atoms with E-state index in [1.165, 1.54) is 84.0 Å². The number of ether oxygens (including phenoxy) is 2. The van der Waals surface area contributed by atoms with Crippen LogP contribution in [0.2, 0.25) is 0 Å². The minimum Gasteiger partial charge on any atom is -0.462 e. The Labute approximate surface area is 358 Å². The van der Waals surface area contributed by atoms with Gasteiger partial charge in [-0.25, -0.2) is 4.57 Å². The lowest BCUT2D eigenvalue weighted by molar-refractivity contribution is -0.161. The van der Waals surface area contributed by atoms with E-state index in [0.29, 0.717) is 12.8 Å². The topological polar surface area (TPSA) is 151 Å². The molecule has 11 heteroatoms. The Morgan fingerprint density at radius 1 is 0.542 bits per heavy atom. The first kappa shape index (κ1) is 56.1.